The molecule has 4 rings (SSSR count). The highest BCUT2D eigenvalue weighted by Gasteiger charge is 2.33. The number of hydrogen-bond donors (Lipinski definition) is 1. The number of cyclic esters (lactones) is 1. The monoisotopic (exact) mass is 437 g/mol. The fourth-order valence-corrected chi connectivity index (χ4v) is 3.93. The number of anilines is 2. The van der Waals surface area contributed by atoms with Crippen LogP contribution in [0.25, 0.3) is 0 Å². The highest BCUT2D eigenvalue weighted by molar-refractivity contribution is 7.18. The average Bonchev–Trinajstić information content (AvgIpc) is 3.35. The van der Waals surface area contributed by atoms with E-state index in [1.807, 2.05) is 0 Å². The summed E-state index contributed by atoms with van der Waals surface area (Å²) < 4.78 is 27.1. The minimum absolute atomic E-state index is 0.0281. The number of rotatable bonds is 5. The Morgan fingerprint density at radius 3 is 2.59 bits per heavy atom. The lowest BCUT2D eigenvalue weighted by atomic mass is 10.2. The molecule has 152 valence electrons. The van der Waals surface area contributed by atoms with E-state index in [-0.39, 0.29) is 23.9 Å². The van der Waals surface area contributed by atoms with Crippen molar-refractivity contribution >= 4 is 52.2 Å². The molecule has 1 atom stereocenters. The molecule has 3 heterocycles. The number of amides is 3. The van der Waals surface area contributed by atoms with Gasteiger partial charge in [0, 0.05) is 17.9 Å². The smallest absolute Gasteiger partial charge is 0.414 e. The zero-order valence-electron chi connectivity index (χ0n) is 17.1. The highest BCUT2D eigenvalue weighted by Crippen LogP contribution is 2.26. The second-order valence-corrected chi connectivity index (χ2v) is 8.01. The van der Waals surface area contributed by atoms with Gasteiger partial charge in [-0.1, -0.05) is 11.6 Å². The van der Waals surface area contributed by atoms with Crippen molar-refractivity contribution in [3.8, 4) is 0 Å². The molecule has 3 amide bonds. The minimum Gasteiger partial charge on any atom is -0.442 e. The topological polar surface area (TPSA) is 88.2 Å². The van der Waals surface area contributed by atoms with Gasteiger partial charge in [0.05, 0.1) is 31.6 Å². The van der Waals surface area contributed by atoms with Gasteiger partial charge in [-0.05, 0) is 36.4 Å². The van der Waals surface area contributed by atoms with Crippen LogP contribution >= 0.6 is 22.9 Å². The number of halogens is 1. The van der Waals surface area contributed by atoms with Gasteiger partial charge in [-0.2, -0.15) is 0 Å². The van der Waals surface area contributed by atoms with Crippen molar-refractivity contribution in [2.24, 2.45) is 0 Å². The van der Waals surface area contributed by atoms with Crippen LogP contribution in [0, 0.1) is 0 Å². The zero-order valence-corrected chi connectivity index (χ0v) is 16.7. The van der Waals surface area contributed by atoms with Crippen LogP contribution in [-0.4, -0.2) is 56.8 Å². The molecule has 2 aromatic rings. The molecule has 8 nitrogen and oxygen atoms in total. The van der Waals surface area contributed by atoms with E-state index >= 15 is 0 Å². The maximum Gasteiger partial charge on any atom is 0.414 e. The van der Waals surface area contributed by atoms with Gasteiger partial charge in [0.15, 0.2) is 0 Å². The molecule has 0 spiro atoms. The van der Waals surface area contributed by atoms with Gasteiger partial charge < -0.3 is 19.7 Å². The Morgan fingerprint density at radius 1 is 1.21 bits per heavy atom. The van der Waals surface area contributed by atoms with Gasteiger partial charge in [-0.3, -0.25) is 14.5 Å². The summed E-state index contributed by atoms with van der Waals surface area (Å²) in [7, 11) is 0. The molecule has 1 N–H and O–H groups in total. The summed E-state index contributed by atoms with van der Waals surface area (Å²) in [6.45, 7) is -1.46. The third-order valence-electron chi connectivity index (χ3n) is 4.41. The van der Waals surface area contributed by atoms with E-state index < -0.39 is 24.6 Å². The standard InChI is InChI=1S/C19H18ClN3O5S/c20-16-6-5-15(29-16)18(25)21-9-14-10-23(19(26)28-14)13-3-1-12(2-4-13)22-7-8-27-11-17(22)24/h1-6,14H,7-11H2,(H,21,25)/t14-/m0/s1/i9D2. The van der Waals surface area contributed by atoms with Crippen molar-refractivity contribution in [2.45, 2.75) is 6.10 Å². The Hall–Kier alpha value is -2.62. The first kappa shape index (κ1) is 17.3. The molecule has 0 aliphatic carbocycles. The molecule has 0 bridgehead atoms. The Morgan fingerprint density at radius 2 is 1.93 bits per heavy atom. The van der Waals surface area contributed by atoms with E-state index in [0.29, 0.717) is 28.9 Å². The Bertz CT molecular complexity index is 1020. The largest absolute Gasteiger partial charge is 0.442 e. The van der Waals surface area contributed by atoms with Gasteiger partial charge in [0.1, 0.15) is 12.7 Å². The SMILES string of the molecule is [2H]C([2H])(NC(=O)c1ccc(Cl)s1)[C@H]1CN(c2ccc(N3CCOCC3=O)cc2)C(=O)O1. The van der Waals surface area contributed by atoms with Crippen molar-refractivity contribution in [1.29, 1.82) is 0 Å². The summed E-state index contributed by atoms with van der Waals surface area (Å²) in [5.74, 6) is -0.786. The summed E-state index contributed by atoms with van der Waals surface area (Å²) in [4.78, 5) is 39.7. The van der Waals surface area contributed by atoms with E-state index in [1.165, 1.54) is 11.0 Å². The zero-order chi connectivity index (χ0) is 22.2. The van der Waals surface area contributed by atoms with Crippen LogP contribution in [0.4, 0.5) is 16.2 Å². The molecule has 2 aliphatic rings. The summed E-state index contributed by atoms with van der Waals surface area (Å²) in [5.41, 5.74) is 1.17. The molecule has 29 heavy (non-hydrogen) atoms. The number of benzene rings is 1. The molecule has 2 fully saturated rings. The van der Waals surface area contributed by atoms with Crippen LogP contribution in [0.1, 0.15) is 12.4 Å². The van der Waals surface area contributed by atoms with E-state index in [4.69, 9.17) is 23.8 Å². The van der Waals surface area contributed by atoms with Crippen LogP contribution in [-0.2, 0) is 14.3 Å². The quantitative estimate of drug-likeness (QED) is 0.776. The Balaban J connectivity index is 1.43. The molecular formula is C19H18ClN3O5S. The van der Waals surface area contributed by atoms with E-state index in [2.05, 4.69) is 5.32 Å². The normalized spacial score (nSPS) is 20.9. The van der Waals surface area contributed by atoms with Crippen LogP contribution in [0.3, 0.4) is 0 Å². The first-order valence-electron chi connectivity index (χ1n) is 9.79. The van der Waals surface area contributed by atoms with Gasteiger partial charge in [0.25, 0.3) is 11.8 Å². The minimum atomic E-state index is -2.29. The van der Waals surface area contributed by atoms with Crippen LogP contribution in [0.2, 0.25) is 4.34 Å². The third-order valence-corrected chi connectivity index (χ3v) is 5.64. The van der Waals surface area contributed by atoms with Crippen molar-refractivity contribution in [1.82, 2.24) is 5.32 Å². The summed E-state index contributed by atoms with van der Waals surface area (Å²) >= 11 is 6.84. The molecule has 0 saturated carbocycles. The number of nitrogens with one attached hydrogen (secondary N) is 1. The summed E-state index contributed by atoms with van der Waals surface area (Å²) in [5, 5.41) is 2.26. The van der Waals surface area contributed by atoms with Crippen LogP contribution < -0.4 is 15.1 Å². The molecule has 2 saturated heterocycles. The van der Waals surface area contributed by atoms with Gasteiger partial charge in [0.2, 0.25) is 0 Å². The molecule has 2 aliphatic heterocycles. The van der Waals surface area contributed by atoms with E-state index in [9.17, 15) is 14.4 Å². The van der Waals surface area contributed by atoms with Crippen molar-refractivity contribution < 1.29 is 26.6 Å². The number of carbonyl (C=O) groups excluding carboxylic acids is 3. The predicted octanol–water partition coefficient (Wildman–Crippen LogP) is 2.52. The second-order valence-electron chi connectivity index (χ2n) is 6.30. The average molecular weight is 438 g/mol. The van der Waals surface area contributed by atoms with Gasteiger partial charge in [-0.25, -0.2) is 4.79 Å². The fraction of sp³-hybridized carbons (Fsp3) is 0.316. The lowest BCUT2D eigenvalue weighted by Crippen LogP contribution is -2.41. The molecule has 1 aromatic carbocycles. The Kier molecular flexibility index (Phi) is 5.00. The highest BCUT2D eigenvalue weighted by atomic mass is 35.5. The predicted molar refractivity (Wildman–Crippen MR) is 109 cm³/mol. The van der Waals surface area contributed by atoms with Crippen molar-refractivity contribution in [2.75, 3.05) is 42.6 Å². The second kappa shape index (κ2) is 8.40. The molecule has 1 aromatic heterocycles. The lowest BCUT2D eigenvalue weighted by Gasteiger charge is -2.27. The number of thiophene rings is 1. The van der Waals surface area contributed by atoms with Gasteiger partial charge in [-0.15, -0.1) is 11.3 Å². The van der Waals surface area contributed by atoms with Crippen molar-refractivity contribution in [3.05, 3.63) is 45.6 Å². The van der Waals surface area contributed by atoms with E-state index in [0.717, 1.165) is 11.3 Å². The molecule has 10 heteroatoms. The first-order valence-corrected chi connectivity index (χ1v) is 9.98. The summed E-state index contributed by atoms with van der Waals surface area (Å²) in [6.07, 6.45) is -1.93. The number of ether oxygens (including phenoxy) is 2. The first-order chi connectivity index (χ1) is 14.7. The van der Waals surface area contributed by atoms with Gasteiger partial charge >= 0.3 is 6.09 Å². The number of carbonyl (C=O) groups is 3. The van der Waals surface area contributed by atoms with E-state index in [1.54, 1.807) is 35.2 Å². The maximum absolute atomic E-state index is 12.4. The maximum atomic E-state index is 12.4. The number of hydrogen-bond acceptors (Lipinski definition) is 6. The van der Waals surface area contributed by atoms with Crippen molar-refractivity contribution in [3.63, 3.8) is 0 Å². The summed E-state index contributed by atoms with van der Waals surface area (Å²) in [6, 6.07) is 9.76. The Labute approximate surface area is 178 Å². The number of morpholine rings is 1. The van der Waals surface area contributed by atoms with Crippen LogP contribution in [0.5, 0.6) is 0 Å². The molecule has 0 unspecified atom stereocenters. The molecular weight excluding hydrogens is 418 g/mol. The fourth-order valence-electron chi connectivity index (χ4n) is 3.00. The number of nitrogens with zero attached hydrogens (tertiary/aromatic N) is 2. The molecule has 0 radical (unpaired) electrons. The lowest BCUT2D eigenvalue weighted by molar-refractivity contribution is -0.125. The van der Waals surface area contributed by atoms with Crippen LogP contribution in [0.15, 0.2) is 36.4 Å². The third kappa shape index (κ3) is 4.36.